The third-order valence-electron chi connectivity index (χ3n) is 18.0. The van der Waals surface area contributed by atoms with Crippen LogP contribution in [-0.2, 0) is 0 Å². The second-order valence-electron chi connectivity index (χ2n) is 24.7. The summed E-state index contributed by atoms with van der Waals surface area (Å²) >= 11 is 15.8. The average molecular weight is 1270 g/mol. The SMILES string of the molecule is CC(C)c1cc(C(C)C)c(-c2cc3c4c(cc5c(-c6c(C(C)C)cc(C(C)C)cc6C(C)C)cc6c7c(cc2c4c57)B2c4ccc(Br)cc4Oc4cc(Br)cc-6c42)B2c4ccc(Br)cc4Oc4cc(Br)cc-3c42)c(C(C)C)c1. The molecule has 0 aliphatic carbocycles. The molecule has 8 heteroatoms. The average Bonchev–Trinajstić information content (AvgIpc) is 3.39. The lowest BCUT2D eigenvalue weighted by Crippen LogP contribution is -2.58. The molecule has 0 unspecified atom stereocenters. The first-order valence-corrected chi connectivity index (χ1v) is 31.3. The lowest BCUT2D eigenvalue weighted by Gasteiger charge is -2.38. The van der Waals surface area contributed by atoms with Gasteiger partial charge in [0.2, 0.25) is 0 Å². The number of rotatable bonds is 8. The molecule has 4 heterocycles. The van der Waals surface area contributed by atoms with E-state index in [0.29, 0.717) is 11.8 Å². The lowest BCUT2D eigenvalue weighted by molar-refractivity contribution is 0.486. The van der Waals surface area contributed by atoms with E-state index in [1.165, 1.54) is 143 Å². The Morgan fingerprint density at radius 3 is 0.987 bits per heavy atom. The Morgan fingerprint density at radius 2 is 0.654 bits per heavy atom. The monoisotopic (exact) mass is 1270 g/mol. The summed E-state index contributed by atoms with van der Waals surface area (Å²) in [4.78, 5) is 0. The maximum absolute atomic E-state index is 7.08. The second-order valence-corrected chi connectivity index (χ2v) is 28.4. The molecule has 0 bridgehead atoms. The summed E-state index contributed by atoms with van der Waals surface area (Å²) in [5.41, 5.74) is 26.3. The van der Waals surface area contributed by atoms with E-state index in [4.69, 9.17) is 9.47 Å². The van der Waals surface area contributed by atoms with Crippen LogP contribution >= 0.6 is 63.7 Å². The Hall–Kier alpha value is -5.11. The highest BCUT2D eigenvalue weighted by Gasteiger charge is 2.45. The first-order valence-electron chi connectivity index (χ1n) is 28.1. The van der Waals surface area contributed by atoms with E-state index in [9.17, 15) is 0 Å². The predicted molar refractivity (Wildman–Crippen MR) is 350 cm³/mol. The zero-order valence-corrected chi connectivity index (χ0v) is 52.7. The van der Waals surface area contributed by atoms with Crippen LogP contribution in [0.25, 0.3) is 76.8 Å². The number of hydrogen-bond donors (Lipinski definition) is 0. The van der Waals surface area contributed by atoms with Crippen LogP contribution in [0.5, 0.6) is 23.0 Å². The smallest absolute Gasteiger partial charge is 0.252 e. The molecule has 0 saturated carbocycles. The van der Waals surface area contributed by atoms with Crippen molar-refractivity contribution in [3.8, 4) is 67.5 Å². The van der Waals surface area contributed by atoms with Gasteiger partial charge < -0.3 is 9.47 Å². The highest BCUT2D eigenvalue weighted by molar-refractivity contribution is 9.11. The van der Waals surface area contributed by atoms with Crippen LogP contribution in [0.4, 0.5) is 0 Å². The van der Waals surface area contributed by atoms with Gasteiger partial charge in [-0.05, 0) is 228 Å². The maximum atomic E-state index is 7.08. The summed E-state index contributed by atoms with van der Waals surface area (Å²) in [6.07, 6.45) is 0. The third-order valence-corrected chi connectivity index (χ3v) is 19.9. The van der Waals surface area contributed by atoms with E-state index >= 15 is 0 Å². The lowest BCUT2D eigenvalue weighted by atomic mass is 9.32. The predicted octanol–water partition coefficient (Wildman–Crippen LogP) is 18.9. The van der Waals surface area contributed by atoms with E-state index in [2.05, 4.69) is 256 Å². The Labute approximate surface area is 494 Å². The van der Waals surface area contributed by atoms with Crippen molar-refractivity contribution >= 4 is 142 Å². The number of ether oxygens (including phenoxy) is 2. The van der Waals surface area contributed by atoms with Crippen molar-refractivity contribution in [2.24, 2.45) is 0 Å². The minimum Gasteiger partial charge on any atom is -0.458 e. The van der Waals surface area contributed by atoms with Crippen molar-refractivity contribution in [3.05, 3.63) is 160 Å². The molecule has 0 spiro atoms. The Bertz CT molecular complexity index is 3970. The first-order chi connectivity index (χ1) is 37.3. The van der Waals surface area contributed by atoms with Gasteiger partial charge in [-0.15, -0.1) is 0 Å². The van der Waals surface area contributed by atoms with Crippen molar-refractivity contribution in [2.75, 3.05) is 0 Å². The van der Waals surface area contributed by atoms with Gasteiger partial charge in [-0.25, -0.2) is 0 Å². The molecule has 0 amide bonds. The van der Waals surface area contributed by atoms with Crippen LogP contribution < -0.4 is 42.3 Å². The molecule has 0 N–H and O–H groups in total. The zero-order valence-electron chi connectivity index (χ0n) is 46.3. The van der Waals surface area contributed by atoms with E-state index in [1.54, 1.807) is 0 Å². The highest BCUT2D eigenvalue weighted by Crippen LogP contribution is 2.54. The van der Waals surface area contributed by atoms with Crippen LogP contribution in [-0.4, -0.2) is 13.4 Å². The molecule has 0 aromatic heterocycles. The van der Waals surface area contributed by atoms with Crippen LogP contribution in [0.3, 0.4) is 0 Å². The molecular formula is C70H60B2Br4O2. The molecule has 0 atom stereocenters. The molecule has 10 aromatic rings. The van der Waals surface area contributed by atoms with Crippen molar-refractivity contribution in [3.63, 3.8) is 0 Å². The van der Waals surface area contributed by atoms with Gasteiger partial charge in [-0.2, -0.15) is 0 Å². The fraction of sp³-hybridized carbons (Fsp3) is 0.257. The van der Waals surface area contributed by atoms with Crippen LogP contribution in [0.15, 0.2) is 127 Å². The van der Waals surface area contributed by atoms with E-state index < -0.39 is 0 Å². The van der Waals surface area contributed by atoms with Gasteiger partial charge in [0.15, 0.2) is 0 Å². The number of halogens is 4. The summed E-state index contributed by atoms with van der Waals surface area (Å²) in [7, 11) is 0. The molecule has 0 saturated heterocycles. The molecule has 4 aliphatic rings. The summed E-state index contributed by atoms with van der Waals surface area (Å²) in [5, 5.41) is 8.00. The second kappa shape index (κ2) is 18.2. The summed E-state index contributed by atoms with van der Waals surface area (Å²) in [6.45, 7) is 28.4. The van der Waals surface area contributed by atoms with E-state index in [1.807, 2.05) is 0 Å². The number of fused-ring (bicyclic) bond motifs is 8. The van der Waals surface area contributed by atoms with Crippen molar-refractivity contribution < 1.29 is 9.47 Å². The number of benzene rings is 10. The number of hydrogen-bond acceptors (Lipinski definition) is 2. The van der Waals surface area contributed by atoms with Gasteiger partial charge >= 0.3 is 0 Å². The molecule has 0 radical (unpaired) electrons. The van der Waals surface area contributed by atoms with Crippen LogP contribution in [0.2, 0.25) is 0 Å². The quantitative estimate of drug-likeness (QED) is 0.112. The van der Waals surface area contributed by atoms with Gasteiger partial charge in [0, 0.05) is 17.9 Å². The standard InChI is InChI=1S/C70H60B2Br4O2/c1-31(2)37-17-43(33(5)6)63(44(18-37)34(7)8)47-27-49-53-21-41(75)25-61-69(53)72(56-16-14-40(74)24-60(56)77-61)58-30-52-48(64-45(35(9)10)19-38(32(3)4)20-46(64)36(11)12)28-50-54-22-42(76)26-62-70(54)71(55-15-13-39(73)23-59(55)78-62)57-29-51(47)67(65(49)58)68(52)66(50)57/h13-36H,1-12H3. The summed E-state index contributed by atoms with van der Waals surface area (Å²) in [5.74, 6) is 5.47. The minimum absolute atomic E-state index is 0.0786. The van der Waals surface area contributed by atoms with Gasteiger partial charge in [0.1, 0.15) is 23.0 Å². The van der Waals surface area contributed by atoms with Crippen molar-refractivity contribution in [1.82, 2.24) is 0 Å². The summed E-state index contributed by atoms with van der Waals surface area (Å²) in [6, 6.07) is 43.2. The molecule has 10 aromatic carbocycles. The normalized spacial score (nSPS) is 13.7. The van der Waals surface area contributed by atoms with Crippen LogP contribution in [0.1, 0.15) is 152 Å². The summed E-state index contributed by atoms with van der Waals surface area (Å²) < 4.78 is 18.2. The minimum atomic E-state index is -0.0786. The molecule has 4 aliphatic heterocycles. The first kappa shape index (κ1) is 51.1. The molecule has 2 nitrogen and oxygen atoms in total. The van der Waals surface area contributed by atoms with Gasteiger partial charge in [-0.1, -0.05) is 206 Å². The van der Waals surface area contributed by atoms with Gasteiger partial charge in [0.25, 0.3) is 13.4 Å². The molecule has 386 valence electrons. The Balaban J connectivity index is 1.29. The molecule has 78 heavy (non-hydrogen) atoms. The third kappa shape index (κ3) is 7.36. The fourth-order valence-electron chi connectivity index (χ4n) is 14.4. The fourth-order valence-corrected chi connectivity index (χ4v) is 15.9. The van der Waals surface area contributed by atoms with Crippen LogP contribution in [0, 0.1) is 0 Å². The van der Waals surface area contributed by atoms with E-state index in [0.717, 1.165) is 40.9 Å². The molecule has 0 fully saturated rings. The van der Waals surface area contributed by atoms with E-state index in [-0.39, 0.29) is 37.1 Å². The largest absolute Gasteiger partial charge is 0.458 e. The van der Waals surface area contributed by atoms with Crippen molar-refractivity contribution in [2.45, 2.75) is 119 Å². The van der Waals surface area contributed by atoms with Crippen molar-refractivity contribution in [1.29, 1.82) is 0 Å². The molecular weight excluding hydrogens is 1210 g/mol. The molecule has 14 rings (SSSR count). The van der Waals surface area contributed by atoms with Gasteiger partial charge in [-0.3, -0.25) is 0 Å². The highest BCUT2D eigenvalue weighted by atomic mass is 79.9. The Morgan fingerprint density at radius 1 is 0.308 bits per heavy atom. The van der Waals surface area contributed by atoms with Gasteiger partial charge in [0.05, 0.1) is 0 Å². The maximum Gasteiger partial charge on any atom is 0.252 e. The topological polar surface area (TPSA) is 18.5 Å². The zero-order chi connectivity index (χ0) is 54.4. The Kier molecular flexibility index (Phi) is 11.9.